The predicted molar refractivity (Wildman–Crippen MR) is 297 cm³/mol. The molecule has 10 atom stereocenters. The minimum atomic E-state index is -1.83. The second-order valence-corrected chi connectivity index (χ2v) is 20.6. The van der Waals surface area contributed by atoms with Crippen LogP contribution in [-0.4, -0.2) is 191 Å². The van der Waals surface area contributed by atoms with Gasteiger partial charge in [-0.15, -0.1) is 0 Å². The third-order valence-corrected chi connectivity index (χ3v) is 12.8. The van der Waals surface area contributed by atoms with E-state index in [0.717, 1.165) is 16.8 Å². The van der Waals surface area contributed by atoms with Crippen molar-refractivity contribution < 1.29 is 72.5 Å². The van der Waals surface area contributed by atoms with Crippen LogP contribution in [0.3, 0.4) is 0 Å². The van der Waals surface area contributed by atoms with Crippen LogP contribution in [0, 0.1) is 11.8 Å². The molecular weight excluding hydrogens is 1070 g/mol. The van der Waals surface area contributed by atoms with Crippen molar-refractivity contribution >= 4 is 76.9 Å². The summed E-state index contributed by atoms with van der Waals surface area (Å²) in [6.45, 7) is 10.7. The van der Waals surface area contributed by atoms with Crippen LogP contribution >= 0.6 is 0 Å². The summed E-state index contributed by atoms with van der Waals surface area (Å²) >= 11 is 0. The van der Waals surface area contributed by atoms with Gasteiger partial charge in [-0.05, 0) is 57.1 Å². The maximum absolute atomic E-state index is 14.1. The third-order valence-electron chi connectivity index (χ3n) is 12.8. The lowest BCUT2D eigenvalue weighted by atomic mass is 10.00. The van der Waals surface area contributed by atoms with E-state index in [0.29, 0.717) is 11.1 Å². The molecule has 0 fully saturated rings. The number of nitrogens with two attached hydrogens (primary N) is 2. The second-order valence-electron chi connectivity index (χ2n) is 20.6. The predicted octanol–water partition coefficient (Wildman–Crippen LogP) is -3.62. The van der Waals surface area contributed by atoms with Gasteiger partial charge in [-0.2, -0.15) is 0 Å². The van der Waals surface area contributed by atoms with E-state index in [9.17, 15) is 72.5 Å². The average molecular weight is 1150 g/mol. The average Bonchev–Trinajstić information content (AvgIpc) is 3.52. The molecule has 2 aromatic carbocycles. The molecule has 0 spiro atoms. The Labute approximate surface area is 476 Å². The van der Waals surface area contributed by atoms with E-state index in [-0.39, 0.29) is 25.2 Å². The number of benzene rings is 2. The summed E-state index contributed by atoms with van der Waals surface area (Å²) in [4.78, 5) is 173. The van der Waals surface area contributed by atoms with Crippen LogP contribution in [0.5, 0.6) is 0 Å². The van der Waals surface area contributed by atoms with Crippen molar-refractivity contribution in [3.05, 3.63) is 71.8 Å². The summed E-state index contributed by atoms with van der Waals surface area (Å²) < 4.78 is 0. The van der Waals surface area contributed by atoms with E-state index < -0.39 is 169 Å². The molecule has 28 heteroatoms. The number of amides is 11. The molecular formula is C54H81N13O15. The Morgan fingerprint density at radius 3 is 1.56 bits per heavy atom. The summed E-state index contributed by atoms with van der Waals surface area (Å²) in [5, 5.41) is 41.8. The standard InChI is InChI=1S/C54H81N13O15/c1-28(2)21-36(61-42(69)27-58-50(77)40(23-35-19-15-12-16-20-35)67(10)52(79)32(7)60-45(72)30(5)55)48(75)59-31(6)46(73)65-44(29(3)4)51(78)62-37(22-34-17-13-11-14-18-34)49(76)63-38(24-43(70)71)53(80)66(9)33(8)47(74)64-39(54(81)82)25-57-26-41(56)68/h11-20,28-33,36-40,44,57H,21-27,55H2,1-10H3,(H2,56,68)(H,58,77)(H,59,75)(H,60,72)(H,61,69)(H,62,78)(H,63,76)(H,64,74)(H,65,73)(H,70,71)(H,81,82)/t30-,31-,32?,33-,36-,37?,38-,39-,40?,44-/m0/s1. The molecule has 2 rings (SSSR count). The van der Waals surface area contributed by atoms with Crippen molar-refractivity contribution in [2.45, 2.75) is 141 Å². The molecule has 0 aromatic heterocycles. The first-order chi connectivity index (χ1) is 38.3. The Bertz CT molecular complexity index is 2570. The van der Waals surface area contributed by atoms with Crippen molar-refractivity contribution in [1.82, 2.24) is 57.7 Å². The van der Waals surface area contributed by atoms with Crippen LogP contribution in [0.4, 0.5) is 0 Å². The van der Waals surface area contributed by atoms with Gasteiger partial charge < -0.3 is 79.3 Å². The number of rotatable bonds is 34. The minimum Gasteiger partial charge on any atom is -0.481 e. The van der Waals surface area contributed by atoms with Crippen molar-refractivity contribution in [3.63, 3.8) is 0 Å². The van der Waals surface area contributed by atoms with Gasteiger partial charge in [-0.3, -0.25) is 57.5 Å². The van der Waals surface area contributed by atoms with E-state index in [1.54, 1.807) is 88.4 Å². The van der Waals surface area contributed by atoms with Gasteiger partial charge in [0.15, 0.2) is 0 Å². The van der Waals surface area contributed by atoms with Crippen LogP contribution in [-0.2, 0) is 75.2 Å². The van der Waals surface area contributed by atoms with E-state index >= 15 is 0 Å². The molecule has 82 heavy (non-hydrogen) atoms. The van der Waals surface area contributed by atoms with E-state index in [4.69, 9.17) is 11.5 Å². The molecule has 0 aliphatic rings. The highest BCUT2D eigenvalue weighted by molar-refractivity contribution is 5.99. The van der Waals surface area contributed by atoms with Crippen molar-refractivity contribution in [1.29, 1.82) is 0 Å². The number of likely N-dealkylation sites (N-methyl/N-ethyl adjacent to an activating group) is 2. The molecule has 0 saturated carbocycles. The molecule has 15 N–H and O–H groups in total. The van der Waals surface area contributed by atoms with Crippen molar-refractivity contribution in [2.24, 2.45) is 23.3 Å². The third kappa shape index (κ3) is 23.7. The maximum Gasteiger partial charge on any atom is 0.327 e. The molecule has 0 heterocycles. The summed E-state index contributed by atoms with van der Waals surface area (Å²) in [7, 11) is 2.50. The Hall–Kier alpha value is -8.53. The molecule has 0 saturated heterocycles. The van der Waals surface area contributed by atoms with Gasteiger partial charge in [0.25, 0.3) is 0 Å². The zero-order chi connectivity index (χ0) is 62.1. The number of hydrogen-bond acceptors (Lipinski definition) is 15. The normalized spacial score (nSPS) is 14.7. The number of carbonyl (C=O) groups excluding carboxylic acids is 11. The van der Waals surface area contributed by atoms with Gasteiger partial charge in [-0.1, -0.05) is 88.4 Å². The Morgan fingerprint density at radius 1 is 0.524 bits per heavy atom. The van der Waals surface area contributed by atoms with Gasteiger partial charge in [0.05, 0.1) is 25.6 Å². The van der Waals surface area contributed by atoms with Crippen LogP contribution in [0.15, 0.2) is 60.7 Å². The van der Waals surface area contributed by atoms with Crippen LogP contribution in [0.1, 0.15) is 79.4 Å². The first-order valence-electron chi connectivity index (χ1n) is 26.5. The minimum absolute atomic E-state index is 0.0366. The molecule has 0 aliphatic carbocycles. The number of nitrogens with zero attached hydrogens (tertiary/aromatic N) is 2. The monoisotopic (exact) mass is 1150 g/mol. The quantitative estimate of drug-likeness (QED) is 0.0322. The SMILES string of the molecule is CC(C)C[C@H](NC(=O)CNC(=O)C(Cc1ccccc1)N(C)C(=O)C(C)NC(=O)[C@H](C)N)C(=O)N[C@@H](C)C(=O)N[C@H](C(=O)NC(Cc1ccccc1)C(=O)N[C@@H](CC(=O)O)C(=O)N(C)[C@@H](C)C(=O)N[C@@H](CNCC(N)=O)C(=O)O)C(C)C. The second kappa shape index (κ2) is 33.9. The smallest absolute Gasteiger partial charge is 0.327 e. The van der Waals surface area contributed by atoms with Gasteiger partial charge >= 0.3 is 11.9 Å². The fourth-order valence-electron chi connectivity index (χ4n) is 7.95. The fraction of sp³-hybridized carbons (Fsp3) is 0.537. The molecule has 3 unspecified atom stereocenters. The number of carbonyl (C=O) groups is 13. The van der Waals surface area contributed by atoms with Crippen LogP contribution in [0.2, 0.25) is 0 Å². The molecule has 0 bridgehead atoms. The van der Waals surface area contributed by atoms with Crippen molar-refractivity contribution in [2.75, 3.05) is 33.7 Å². The summed E-state index contributed by atoms with van der Waals surface area (Å²) in [5.41, 5.74) is 11.9. The highest BCUT2D eigenvalue weighted by Crippen LogP contribution is 2.13. The van der Waals surface area contributed by atoms with Gasteiger partial charge in [0.1, 0.15) is 54.4 Å². The summed E-state index contributed by atoms with van der Waals surface area (Å²) in [6.07, 6.45) is -1.09. The Balaban J connectivity index is 2.27. The first kappa shape index (κ1) is 69.6. The lowest BCUT2D eigenvalue weighted by Gasteiger charge is -2.30. The molecule has 0 aliphatic heterocycles. The van der Waals surface area contributed by atoms with E-state index in [2.05, 4.69) is 47.9 Å². The van der Waals surface area contributed by atoms with E-state index in [1.165, 1.54) is 34.7 Å². The molecule has 11 amide bonds. The highest BCUT2D eigenvalue weighted by Gasteiger charge is 2.37. The summed E-state index contributed by atoms with van der Waals surface area (Å²) in [6, 6.07) is 3.63. The lowest BCUT2D eigenvalue weighted by Crippen LogP contribution is -2.61. The van der Waals surface area contributed by atoms with Crippen LogP contribution in [0.25, 0.3) is 0 Å². The topological polar surface area (TPSA) is 429 Å². The van der Waals surface area contributed by atoms with Crippen LogP contribution < -0.4 is 59.3 Å². The first-order valence-corrected chi connectivity index (χ1v) is 26.5. The van der Waals surface area contributed by atoms with Gasteiger partial charge in [0.2, 0.25) is 65.0 Å². The largest absolute Gasteiger partial charge is 0.481 e. The number of nitrogens with one attached hydrogen (secondary N) is 9. The van der Waals surface area contributed by atoms with E-state index in [1.807, 2.05) is 0 Å². The molecule has 28 nitrogen and oxygen atoms in total. The highest BCUT2D eigenvalue weighted by atomic mass is 16.4. The lowest BCUT2D eigenvalue weighted by molar-refractivity contribution is -0.147. The fourth-order valence-corrected chi connectivity index (χ4v) is 7.95. The summed E-state index contributed by atoms with van der Waals surface area (Å²) in [5.74, 6) is -13.0. The molecule has 452 valence electrons. The number of carboxylic acid groups (broad SMARTS) is 2. The number of aliphatic carboxylic acids is 2. The Morgan fingerprint density at radius 2 is 1.05 bits per heavy atom. The number of carboxylic acids is 2. The zero-order valence-corrected chi connectivity index (χ0v) is 47.9. The zero-order valence-electron chi connectivity index (χ0n) is 47.9. The number of primary amides is 1. The molecule has 2 aromatic rings. The van der Waals surface area contributed by atoms with Gasteiger partial charge in [0, 0.05) is 33.5 Å². The van der Waals surface area contributed by atoms with Gasteiger partial charge in [-0.25, -0.2) is 4.79 Å². The number of hydrogen-bond donors (Lipinski definition) is 13. The maximum atomic E-state index is 14.1. The van der Waals surface area contributed by atoms with Crippen molar-refractivity contribution in [3.8, 4) is 0 Å². The Kier molecular flexibility index (Phi) is 28.8. The molecule has 0 radical (unpaired) electrons.